The topological polar surface area (TPSA) is 17.8 Å². The van der Waals surface area contributed by atoms with Crippen molar-refractivity contribution in [2.75, 3.05) is 0 Å². The van der Waals surface area contributed by atoms with Crippen molar-refractivity contribution < 1.29 is 4.39 Å². The highest BCUT2D eigenvalue weighted by Crippen LogP contribution is 2.27. The molecule has 3 aromatic rings. The summed E-state index contributed by atoms with van der Waals surface area (Å²) in [6.45, 7) is 0. The van der Waals surface area contributed by atoms with Crippen LogP contribution in [0.5, 0.6) is 0 Å². The zero-order valence-corrected chi connectivity index (χ0v) is 12.9. The third-order valence-corrected chi connectivity index (χ3v) is 4.17. The molecule has 21 heavy (non-hydrogen) atoms. The molecule has 0 aliphatic rings. The fourth-order valence-electron chi connectivity index (χ4n) is 2.17. The molecule has 3 rings (SSSR count). The summed E-state index contributed by atoms with van der Waals surface area (Å²) in [6.07, 6.45) is 4.66. The minimum Gasteiger partial charge on any atom is -0.241 e. The van der Waals surface area contributed by atoms with Crippen LogP contribution in [0, 0.1) is 5.82 Å². The highest BCUT2D eigenvalue weighted by atomic mass is 79.9. The highest BCUT2D eigenvalue weighted by molar-refractivity contribution is 9.09. The van der Waals surface area contributed by atoms with E-state index in [1.165, 1.54) is 12.1 Å². The van der Waals surface area contributed by atoms with Crippen LogP contribution < -0.4 is 0 Å². The average Bonchev–Trinajstić information content (AvgIpc) is 3.00. The molecule has 0 saturated heterocycles. The van der Waals surface area contributed by atoms with Crippen LogP contribution in [0.2, 0.25) is 0 Å². The molecule has 2 nitrogen and oxygen atoms in total. The Kier molecular flexibility index (Phi) is 4.15. The number of hydrogen-bond donors (Lipinski definition) is 0. The van der Waals surface area contributed by atoms with E-state index in [1.54, 1.807) is 0 Å². The number of rotatable bonds is 4. The minimum atomic E-state index is -0.207. The molecule has 0 fully saturated rings. The molecular formula is C17H14BrFN2. The lowest BCUT2D eigenvalue weighted by atomic mass is 10.1. The zero-order valence-electron chi connectivity index (χ0n) is 11.3. The number of benzene rings is 2. The van der Waals surface area contributed by atoms with Gasteiger partial charge >= 0.3 is 0 Å². The van der Waals surface area contributed by atoms with Gasteiger partial charge < -0.3 is 0 Å². The summed E-state index contributed by atoms with van der Waals surface area (Å²) < 4.78 is 14.8. The molecule has 1 heterocycles. The molecule has 0 bridgehead atoms. The number of nitrogens with zero attached hydrogens (tertiary/aromatic N) is 2. The first-order valence-corrected chi connectivity index (χ1v) is 7.62. The Bertz CT molecular complexity index is 707. The van der Waals surface area contributed by atoms with Gasteiger partial charge in [0.1, 0.15) is 5.82 Å². The minimum absolute atomic E-state index is 0.153. The summed E-state index contributed by atoms with van der Waals surface area (Å²) in [5.74, 6) is -0.207. The number of aromatic nitrogens is 2. The third-order valence-electron chi connectivity index (χ3n) is 3.31. The maximum absolute atomic E-state index is 12.9. The molecule has 0 aliphatic carbocycles. The largest absolute Gasteiger partial charge is 0.241 e. The van der Waals surface area contributed by atoms with Gasteiger partial charge in [-0.25, -0.2) is 9.07 Å². The molecule has 0 saturated carbocycles. The van der Waals surface area contributed by atoms with E-state index in [1.807, 2.05) is 59.5 Å². The molecule has 1 unspecified atom stereocenters. The lowest BCUT2D eigenvalue weighted by Gasteiger charge is -2.07. The van der Waals surface area contributed by atoms with Crippen LogP contribution in [0.3, 0.4) is 0 Å². The Morgan fingerprint density at radius 3 is 2.48 bits per heavy atom. The van der Waals surface area contributed by atoms with Crippen molar-refractivity contribution in [3.63, 3.8) is 0 Å². The van der Waals surface area contributed by atoms with E-state index in [4.69, 9.17) is 0 Å². The van der Waals surface area contributed by atoms with E-state index < -0.39 is 0 Å². The van der Waals surface area contributed by atoms with E-state index in [-0.39, 0.29) is 10.6 Å². The first-order valence-electron chi connectivity index (χ1n) is 6.71. The van der Waals surface area contributed by atoms with Gasteiger partial charge in [-0.3, -0.25) is 0 Å². The van der Waals surface area contributed by atoms with E-state index in [0.29, 0.717) is 0 Å². The second-order valence-electron chi connectivity index (χ2n) is 4.85. The number of para-hydroxylation sites is 1. The van der Waals surface area contributed by atoms with Crippen molar-refractivity contribution in [2.24, 2.45) is 0 Å². The quantitative estimate of drug-likeness (QED) is 0.627. The maximum atomic E-state index is 12.9. The fraction of sp³-hybridized carbons (Fsp3) is 0.118. The molecule has 4 heteroatoms. The van der Waals surface area contributed by atoms with Crippen LogP contribution in [0.25, 0.3) is 5.69 Å². The van der Waals surface area contributed by atoms with E-state index in [9.17, 15) is 4.39 Å². The van der Waals surface area contributed by atoms with Crippen molar-refractivity contribution in [2.45, 2.75) is 11.2 Å². The number of hydrogen-bond acceptors (Lipinski definition) is 1. The van der Waals surface area contributed by atoms with Crippen molar-refractivity contribution >= 4 is 15.9 Å². The zero-order chi connectivity index (χ0) is 14.7. The van der Waals surface area contributed by atoms with E-state index in [0.717, 1.165) is 23.2 Å². The maximum Gasteiger partial charge on any atom is 0.123 e. The van der Waals surface area contributed by atoms with Gasteiger partial charge in [-0.2, -0.15) is 5.10 Å². The van der Waals surface area contributed by atoms with Gasteiger partial charge in [0.15, 0.2) is 0 Å². The predicted octanol–water partition coefficient (Wildman–Crippen LogP) is 4.69. The normalized spacial score (nSPS) is 12.3. The smallest absolute Gasteiger partial charge is 0.123 e. The standard InChI is InChI=1S/C17H14BrFN2/c18-17(10-13-6-8-15(19)9-7-13)14-11-20-21(12-14)16-4-2-1-3-5-16/h1-9,11-12,17H,10H2. The van der Waals surface area contributed by atoms with Crippen LogP contribution >= 0.6 is 15.9 Å². The van der Waals surface area contributed by atoms with Crippen LogP contribution in [-0.2, 0) is 6.42 Å². The average molecular weight is 345 g/mol. The predicted molar refractivity (Wildman–Crippen MR) is 85.3 cm³/mol. The van der Waals surface area contributed by atoms with Crippen molar-refractivity contribution in [1.29, 1.82) is 0 Å². The van der Waals surface area contributed by atoms with E-state index in [2.05, 4.69) is 21.0 Å². The Balaban J connectivity index is 1.75. The molecule has 0 radical (unpaired) electrons. The second-order valence-corrected chi connectivity index (χ2v) is 5.96. The first kappa shape index (κ1) is 14.0. The Morgan fingerprint density at radius 2 is 1.76 bits per heavy atom. The SMILES string of the molecule is Fc1ccc(CC(Br)c2cnn(-c3ccccc3)c2)cc1. The molecule has 0 amide bonds. The Hall–Kier alpha value is -1.94. The molecule has 106 valence electrons. The molecule has 0 aliphatic heterocycles. The fourth-order valence-corrected chi connectivity index (χ4v) is 2.78. The lowest BCUT2D eigenvalue weighted by Crippen LogP contribution is -1.95. The Morgan fingerprint density at radius 1 is 1.05 bits per heavy atom. The van der Waals surface area contributed by atoms with Crippen molar-refractivity contribution in [3.8, 4) is 5.69 Å². The van der Waals surface area contributed by atoms with Crippen molar-refractivity contribution in [3.05, 3.63) is 83.9 Å². The van der Waals surface area contributed by atoms with Gasteiger partial charge in [-0.05, 0) is 36.2 Å². The molecule has 2 aromatic carbocycles. The van der Waals surface area contributed by atoms with Gasteiger partial charge in [0.05, 0.1) is 11.9 Å². The lowest BCUT2D eigenvalue weighted by molar-refractivity contribution is 0.627. The monoisotopic (exact) mass is 344 g/mol. The molecule has 0 spiro atoms. The molecular weight excluding hydrogens is 331 g/mol. The van der Waals surface area contributed by atoms with Gasteiger partial charge in [0.25, 0.3) is 0 Å². The summed E-state index contributed by atoms with van der Waals surface area (Å²) in [5.41, 5.74) is 3.22. The third kappa shape index (κ3) is 3.39. The molecule has 0 N–H and O–H groups in total. The molecule has 1 atom stereocenters. The highest BCUT2D eigenvalue weighted by Gasteiger charge is 2.11. The number of halogens is 2. The van der Waals surface area contributed by atoms with E-state index >= 15 is 0 Å². The summed E-state index contributed by atoms with van der Waals surface area (Å²) in [7, 11) is 0. The number of alkyl halides is 1. The summed E-state index contributed by atoms with van der Waals surface area (Å²) >= 11 is 3.68. The van der Waals surface area contributed by atoms with Gasteiger partial charge in [0, 0.05) is 16.6 Å². The van der Waals surface area contributed by atoms with Gasteiger partial charge in [-0.1, -0.05) is 46.3 Å². The van der Waals surface area contributed by atoms with Crippen LogP contribution in [0.15, 0.2) is 67.0 Å². The summed E-state index contributed by atoms with van der Waals surface area (Å²) in [5, 5.41) is 4.39. The second kappa shape index (κ2) is 6.22. The summed E-state index contributed by atoms with van der Waals surface area (Å²) in [6, 6.07) is 16.6. The Labute approximate surface area is 131 Å². The van der Waals surface area contributed by atoms with Crippen molar-refractivity contribution in [1.82, 2.24) is 9.78 Å². The van der Waals surface area contributed by atoms with Crippen LogP contribution in [-0.4, -0.2) is 9.78 Å². The van der Waals surface area contributed by atoms with Crippen LogP contribution in [0.1, 0.15) is 16.0 Å². The van der Waals surface area contributed by atoms with Gasteiger partial charge in [0.2, 0.25) is 0 Å². The molecule has 1 aromatic heterocycles. The first-order chi connectivity index (χ1) is 10.2. The summed E-state index contributed by atoms with van der Waals surface area (Å²) in [4.78, 5) is 0.153. The van der Waals surface area contributed by atoms with Gasteiger partial charge in [-0.15, -0.1) is 0 Å². The van der Waals surface area contributed by atoms with Crippen LogP contribution in [0.4, 0.5) is 4.39 Å².